The van der Waals surface area contributed by atoms with E-state index in [1.165, 1.54) is 6.07 Å². The van der Waals surface area contributed by atoms with E-state index in [2.05, 4.69) is 6.07 Å². The lowest BCUT2D eigenvalue weighted by Crippen LogP contribution is -2.32. The molecule has 1 atom stereocenters. The van der Waals surface area contributed by atoms with Crippen molar-refractivity contribution in [2.75, 3.05) is 0 Å². The second-order valence-electron chi connectivity index (χ2n) is 4.61. The van der Waals surface area contributed by atoms with Gasteiger partial charge in [-0.05, 0) is 18.4 Å². The minimum absolute atomic E-state index is 0.109. The van der Waals surface area contributed by atoms with Crippen molar-refractivity contribution < 1.29 is 14.3 Å². The van der Waals surface area contributed by atoms with Gasteiger partial charge in [0.2, 0.25) is 0 Å². The van der Waals surface area contributed by atoms with Gasteiger partial charge in [-0.25, -0.2) is 4.39 Å². The number of aliphatic carboxylic acids is 1. The van der Waals surface area contributed by atoms with Crippen molar-refractivity contribution in [1.29, 1.82) is 5.26 Å². The Morgan fingerprint density at radius 1 is 1.50 bits per heavy atom. The van der Waals surface area contributed by atoms with Crippen LogP contribution >= 0.6 is 0 Å². The Hall–Kier alpha value is -1.89. The molecule has 0 saturated carbocycles. The first kappa shape index (κ1) is 14.2. The molecule has 0 fully saturated rings. The summed E-state index contributed by atoms with van der Waals surface area (Å²) in [5, 5.41) is 18.2. The van der Waals surface area contributed by atoms with Gasteiger partial charge in [-0.2, -0.15) is 5.26 Å². The van der Waals surface area contributed by atoms with Gasteiger partial charge in [-0.1, -0.05) is 32.0 Å². The highest BCUT2D eigenvalue weighted by Crippen LogP contribution is 2.37. The van der Waals surface area contributed by atoms with Crippen LogP contribution in [0.15, 0.2) is 24.3 Å². The SMILES string of the molecule is CC(C)C(C#N)(CCC(=O)O)c1ccccc1F. The number of carboxylic acids is 1. The van der Waals surface area contributed by atoms with E-state index in [0.29, 0.717) is 0 Å². The Kier molecular flexibility index (Phi) is 4.43. The normalized spacial score (nSPS) is 13.9. The van der Waals surface area contributed by atoms with Crippen molar-refractivity contribution in [3.05, 3.63) is 35.6 Å². The van der Waals surface area contributed by atoms with Gasteiger partial charge < -0.3 is 5.11 Å². The van der Waals surface area contributed by atoms with E-state index >= 15 is 0 Å². The number of carbonyl (C=O) groups is 1. The summed E-state index contributed by atoms with van der Waals surface area (Å²) >= 11 is 0. The molecule has 0 bridgehead atoms. The van der Waals surface area contributed by atoms with E-state index in [9.17, 15) is 14.4 Å². The summed E-state index contributed by atoms with van der Waals surface area (Å²) < 4.78 is 13.9. The fourth-order valence-corrected chi connectivity index (χ4v) is 2.11. The maximum Gasteiger partial charge on any atom is 0.303 e. The first-order valence-corrected chi connectivity index (χ1v) is 5.82. The number of hydrogen-bond acceptors (Lipinski definition) is 2. The van der Waals surface area contributed by atoms with Gasteiger partial charge in [0.1, 0.15) is 5.82 Å². The molecule has 0 aromatic heterocycles. The highest BCUT2D eigenvalue weighted by molar-refractivity contribution is 5.67. The zero-order valence-electron chi connectivity index (χ0n) is 10.5. The van der Waals surface area contributed by atoms with Crippen molar-refractivity contribution in [3.8, 4) is 6.07 Å². The van der Waals surface area contributed by atoms with Crippen molar-refractivity contribution in [2.45, 2.75) is 32.1 Å². The standard InChI is InChI=1S/C14H16FNO2/c1-10(2)14(9-16,8-7-13(17)18)11-5-3-4-6-12(11)15/h3-6,10H,7-8H2,1-2H3,(H,17,18). The molecular formula is C14H16FNO2. The summed E-state index contributed by atoms with van der Waals surface area (Å²) in [7, 11) is 0. The van der Waals surface area contributed by atoms with Gasteiger partial charge in [-0.15, -0.1) is 0 Å². The zero-order valence-corrected chi connectivity index (χ0v) is 10.5. The maximum atomic E-state index is 13.9. The maximum absolute atomic E-state index is 13.9. The second-order valence-corrected chi connectivity index (χ2v) is 4.61. The molecule has 0 aliphatic rings. The van der Waals surface area contributed by atoms with E-state index in [4.69, 9.17) is 5.11 Å². The van der Waals surface area contributed by atoms with Crippen LogP contribution in [0.5, 0.6) is 0 Å². The smallest absolute Gasteiger partial charge is 0.303 e. The second kappa shape index (κ2) is 5.63. The number of rotatable bonds is 5. The van der Waals surface area contributed by atoms with E-state index in [-0.39, 0.29) is 24.3 Å². The zero-order chi connectivity index (χ0) is 13.8. The fourth-order valence-electron chi connectivity index (χ4n) is 2.11. The molecule has 96 valence electrons. The predicted molar refractivity (Wildman–Crippen MR) is 65.4 cm³/mol. The first-order chi connectivity index (χ1) is 8.44. The molecule has 1 rings (SSSR count). The molecule has 18 heavy (non-hydrogen) atoms. The van der Waals surface area contributed by atoms with Gasteiger partial charge in [0.05, 0.1) is 11.5 Å². The van der Waals surface area contributed by atoms with Gasteiger partial charge in [0.25, 0.3) is 0 Å². The van der Waals surface area contributed by atoms with Crippen LogP contribution in [-0.4, -0.2) is 11.1 Å². The third-order valence-electron chi connectivity index (χ3n) is 3.27. The highest BCUT2D eigenvalue weighted by Gasteiger charge is 2.38. The molecule has 4 heteroatoms. The Morgan fingerprint density at radius 3 is 2.56 bits per heavy atom. The lowest BCUT2D eigenvalue weighted by molar-refractivity contribution is -0.137. The van der Waals surface area contributed by atoms with E-state index < -0.39 is 17.2 Å². The van der Waals surface area contributed by atoms with E-state index in [1.54, 1.807) is 32.0 Å². The van der Waals surface area contributed by atoms with Crippen LogP contribution in [0.4, 0.5) is 4.39 Å². The molecule has 1 aromatic rings. The van der Waals surface area contributed by atoms with E-state index in [1.807, 2.05) is 0 Å². The molecule has 1 N–H and O–H groups in total. The first-order valence-electron chi connectivity index (χ1n) is 5.82. The van der Waals surface area contributed by atoms with Crippen LogP contribution in [0.25, 0.3) is 0 Å². The molecule has 1 unspecified atom stereocenters. The third kappa shape index (κ3) is 2.67. The fraction of sp³-hybridized carbons (Fsp3) is 0.429. The summed E-state index contributed by atoms with van der Waals surface area (Å²) in [5.41, 5.74) is -0.812. The van der Waals surface area contributed by atoms with Crippen LogP contribution in [-0.2, 0) is 10.2 Å². The monoisotopic (exact) mass is 249 g/mol. The minimum atomic E-state index is -1.09. The quantitative estimate of drug-likeness (QED) is 0.872. The summed E-state index contributed by atoms with van der Waals surface area (Å²) in [6, 6.07) is 8.19. The Bertz CT molecular complexity index is 479. The number of benzene rings is 1. The van der Waals surface area contributed by atoms with Gasteiger partial charge >= 0.3 is 5.97 Å². The average Bonchev–Trinajstić information content (AvgIpc) is 2.31. The lowest BCUT2D eigenvalue weighted by Gasteiger charge is -2.31. The number of hydrogen-bond donors (Lipinski definition) is 1. The van der Waals surface area contributed by atoms with Crippen molar-refractivity contribution in [1.82, 2.24) is 0 Å². The third-order valence-corrected chi connectivity index (χ3v) is 3.27. The molecule has 0 aliphatic heterocycles. The van der Waals surface area contributed by atoms with Crippen molar-refractivity contribution in [3.63, 3.8) is 0 Å². The Morgan fingerprint density at radius 2 is 2.11 bits per heavy atom. The number of halogens is 1. The Labute approximate surface area is 106 Å². The summed E-state index contributed by atoms with van der Waals surface area (Å²) in [6.07, 6.45) is -0.0441. The number of nitriles is 1. The van der Waals surface area contributed by atoms with Crippen LogP contribution < -0.4 is 0 Å². The van der Waals surface area contributed by atoms with Gasteiger partial charge in [0, 0.05) is 12.0 Å². The van der Waals surface area contributed by atoms with Crippen molar-refractivity contribution in [2.24, 2.45) is 5.92 Å². The van der Waals surface area contributed by atoms with Gasteiger partial charge in [0.15, 0.2) is 0 Å². The molecule has 0 amide bonds. The van der Waals surface area contributed by atoms with Crippen LogP contribution in [0.2, 0.25) is 0 Å². The largest absolute Gasteiger partial charge is 0.481 e. The Balaban J connectivity index is 3.25. The molecule has 3 nitrogen and oxygen atoms in total. The van der Waals surface area contributed by atoms with Crippen molar-refractivity contribution >= 4 is 5.97 Å². The summed E-state index contributed by atoms with van der Waals surface area (Å²) in [5.74, 6) is -1.61. The summed E-state index contributed by atoms with van der Waals surface area (Å²) in [4.78, 5) is 10.7. The topological polar surface area (TPSA) is 61.1 Å². The molecule has 0 aliphatic carbocycles. The molecule has 0 spiro atoms. The van der Waals surface area contributed by atoms with Gasteiger partial charge in [-0.3, -0.25) is 4.79 Å². The molecule has 0 radical (unpaired) electrons. The van der Waals surface area contributed by atoms with Crippen LogP contribution in [0.3, 0.4) is 0 Å². The number of nitrogens with zero attached hydrogens (tertiary/aromatic N) is 1. The molecule has 1 aromatic carbocycles. The summed E-state index contributed by atoms with van der Waals surface area (Å²) in [6.45, 7) is 3.61. The molecule has 0 saturated heterocycles. The highest BCUT2D eigenvalue weighted by atomic mass is 19.1. The molecular weight excluding hydrogens is 233 g/mol. The predicted octanol–water partition coefficient (Wildman–Crippen LogP) is 3.11. The van der Waals surface area contributed by atoms with Crippen LogP contribution in [0.1, 0.15) is 32.3 Å². The molecule has 0 heterocycles. The minimum Gasteiger partial charge on any atom is -0.481 e. The number of carboxylic acid groups (broad SMARTS) is 1. The van der Waals surface area contributed by atoms with E-state index in [0.717, 1.165) is 0 Å². The van der Waals surface area contributed by atoms with Crippen LogP contribution in [0, 0.1) is 23.1 Å². The lowest BCUT2D eigenvalue weighted by atomic mass is 9.69. The average molecular weight is 249 g/mol.